The maximum atomic E-state index is 13.4. The highest BCUT2D eigenvalue weighted by Crippen LogP contribution is 2.24. The number of amides is 1. The van der Waals surface area contributed by atoms with Gasteiger partial charge in [0.1, 0.15) is 5.82 Å². The normalized spacial score (nSPS) is 11.0. The van der Waals surface area contributed by atoms with Gasteiger partial charge in [0.25, 0.3) is 5.91 Å². The van der Waals surface area contributed by atoms with Crippen LogP contribution in [-0.4, -0.2) is 20.6 Å². The van der Waals surface area contributed by atoms with Crippen LogP contribution in [0.5, 0.6) is 0 Å². The topological polar surface area (TPSA) is 59.8 Å². The van der Waals surface area contributed by atoms with Crippen molar-refractivity contribution in [2.24, 2.45) is 0 Å². The zero-order valence-corrected chi connectivity index (χ0v) is 15.8. The lowest BCUT2D eigenvalue weighted by molar-refractivity contribution is 0.101. The van der Waals surface area contributed by atoms with Crippen LogP contribution in [-0.2, 0) is 0 Å². The number of nitrogens with zero attached hydrogens (tertiary/aromatic N) is 3. The third-order valence-electron chi connectivity index (χ3n) is 4.95. The van der Waals surface area contributed by atoms with E-state index in [1.165, 1.54) is 18.3 Å². The summed E-state index contributed by atoms with van der Waals surface area (Å²) in [6.07, 6.45) is 1.48. The average Bonchev–Trinajstić information content (AvgIpc) is 2.93. The highest BCUT2D eigenvalue weighted by Gasteiger charge is 2.16. The van der Waals surface area contributed by atoms with Gasteiger partial charge in [-0.15, -0.1) is 0 Å². The Hall–Kier alpha value is -3.54. The maximum absolute atomic E-state index is 13.4. The number of para-hydroxylation sites is 1. The quantitative estimate of drug-likeness (QED) is 0.572. The minimum atomic E-state index is -0.356. The number of aryl methyl sites for hydroxylation is 2. The fourth-order valence-electron chi connectivity index (χ4n) is 3.29. The Bertz CT molecular complexity index is 1210. The monoisotopic (exact) mass is 374 g/mol. The van der Waals surface area contributed by atoms with Crippen molar-refractivity contribution >= 4 is 16.8 Å². The number of carbonyl (C=O) groups is 1. The lowest BCUT2D eigenvalue weighted by atomic mass is 10.2. The lowest BCUT2D eigenvalue weighted by Gasteiger charge is -2.12. The van der Waals surface area contributed by atoms with Crippen molar-refractivity contribution in [3.8, 4) is 11.4 Å². The summed E-state index contributed by atoms with van der Waals surface area (Å²) in [5.41, 5.74) is 7.41. The van der Waals surface area contributed by atoms with Gasteiger partial charge in [0.05, 0.1) is 16.8 Å². The molecule has 0 radical (unpaired) electrons. The second-order valence-electron chi connectivity index (χ2n) is 6.71. The van der Waals surface area contributed by atoms with Crippen molar-refractivity contribution in [1.82, 2.24) is 14.6 Å². The molecule has 0 saturated carbocycles. The molecule has 2 aromatic carbocycles. The summed E-state index contributed by atoms with van der Waals surface area (Å²) in [5, 5.41) is 1.09. The van der Waals surface area contributed by atoms with Crippen LogP contribution in [0, 0.1) is 26.6 Å². The van der Waals surface area contributed by atoms with Gasteiger partial charge >= 0.3 is 0 Å². The number of hydrogen-bond donors (Lipinski definition) is 1. The van der Waals surface area contributed by atoms with Crippen LogP contribution in [0.25, 0.3) is 22.3 Å². The fraction of sp³-hybridized carbons (Fsp3) is 0.136. The Balaban J connectivity index is 1.67. The minimum Gasteiger partial charge on any atom is -0.267 e. The van der Waals surface area contributed by atoms with Crippen molar-refractivity contribution in [2.45, 2.75) is 20.8 Å². The molecule has 1 amide bonds. The van der Waals surface area contributed by atoms with Crippen molar-refractivity contribution in [2.75, 3.05) is 5.43 Å². The van der Waals surface area contributed by atoms with Gasteiger partial charge in [-0.05, 0) is 44.5 Å². The van der Waals surface area contributed by atoms with Crippen LogP contribution >= 0.6 is 0 Å². The molecule has 0 atom stereocenters. The molecule has 0 unspecified atom stereocenters. The second kappa shape index (κ2) is 6.88. The minimum absolute atomic E-state index is 0.299. The zero-order valence-electron chi connectivity index (χ0n) is 15.8. The van der Waals surface area contributed by atoms with Gasteiger partial charge in [0, 0.05) is 22.8 Å². The molecule has 140 valence electrons. The van der Waals surface area contributed by atoms with Crippen LogP contribution in [0.1, 0.15) is 27.3 Å². The number of halogens is 1. The summed E-state index contributed by atoms with van der Waals surface area (Å²) in [4.78, 5) is 21.5. The van der Waals surface area contributed by atoms with E-state index in [9.17, 15) is 9.18 Å². The summed E-state index contributed by atoms with van der Waals surface area (Å²) >= 11 is 0. The molecule has 2 heterocycles. The van der Waals surface area contributed by atoms with Gasteiger partial charge in [-0.1, -0.05) is 30.3 Å². The van der Waals surface area contributed by atoms with Crippen LogP contribution in [0.15, 0.2) is 54.7 Å². The maximum Gasteiger partial charge on any atom is 0.273 e. The molecule has 0 aliphatic heterocycles. The second-order valence-corrected chi connectivity index (χ2v) is 6.71. The van der Waals surface area contributed by atoms with E-state index in [4.69, 9.17) is 0 Å². The molecule has 1 N–H and O–H groups in total. The third kappa shape index (κ3) is 3.03. The van der Waals surface area contributed by atoms with E-state index in [1.807, 2.05) is 38.1 Å². The molecule has 0 fully saturated rings. The molecule has 28 heavy (non-hydrogen) atoms. The molecule has 4 rings (SSSR count). The molecule has 6 heteroatoms. The molecule has 0 saturated heterocycles. The average molecular weight is 374 g/mol. The molecule has 5 nitrogen and oxygen atoms in total. The molecule has 0 aliphatic carbocycles. The Morgan fingerprint density at radius 2 is 1.86 bits per heavy atom. The predicted octanol–water partition coefficient (Wildman–Crippen LogP) is 4.55. The Morgan fingerprint density at radius 1 is 1.07 bits per heavy atom. The van der Waals surface area contributed by atoms with Gasteiger partial charge in [0.15, 0.2) is 5.82 Å². The number of nitrogens with one attached hydrogen (secondary N) is 1. The summed E-state index contributed by atoms with van der Waals surface area (Å²) in [6.45, 7) is 5.74. The Morgan fingerprint density at radius 3 is 2.61 bits per heavy atom. The van der Waals surface area contributed by atoms with Gasteiger partial charge in [-0.3, -0.25) is 14.9 Å². The fourth-order valence-corrected chi connectivity index (χ4v) is 3.29. The predicted molar refractivity (Wildman–Crippen MR) is 107 cm³/mol. The van der Waals surface area contributed by atoms with Crippen molar-refractivity contribution < 1.29 is 9.18 Å². The molecular weight excluding hydrogens is 355 g/mol. The van der Waals surface area contributed by atoms with E-state index in [0.29, 0.717) is 22.6 Å². The van der Waals surface area contributed by atoms with Crippen LogP contribution in [0.3, 0.4) is 0 Å². The zero-order chi connectivity index (χ0) is 19.8. The summed E-state index contributed by atoms with van der Waals surface area (Å²) in [6, 6.07) is 14.0. The van der Waals surface area contributed by atoms with Gasteiger partial charge in [-0.25, -0.2) is 14.4 Å². The Labute approximate surface area is 161 Å². The van der Waals surface area contributed by atoms with Crippen LogP contribution in [0.2, 0.25) is 0 Å². The summed E-state index contributed by atoms with van der Waals surface area (Å²) in [7, 11) is 0. The van der Waals surface area contributed by atoms with E-state index >= 15 is 0 Å². The number of benzene rings is 2. The van der Waals surface area contributed by atoms with Gasteiger partial charge in [-0.2, -0.15) is 0 Å². The molecular formula is C22H19FN4O. The van der Waals surface area contributed by atoms with Crippen molar-refractivity contribution in [3.63, 3.8) is 0 Å². The molecule has 4 aromatic rings. The van der Waals surface area contributed by atoms with E-state index in [1.54, 1.807) is 23.7 Å². The largest absolute Gasteiger partial charge is 0.273 e. The first-order valence-electron chi connectivity index (χ1n) is 8.93. The summed E-state index contributed by atoms with van der Waals surface area (Å²) < 4.78 is 15.2. The summed E-state index contributed by atoms with van der Waals surface area (Å²) in [5.74, 6) is -0.273. The highest BCUT2D eigenvalue weighted by atomic mass is 19.1. The molecule has 2 aromatic heterocycles. The first kappa shape index (κ1) is 17.9. The lowest BCUT2D eigenvalue weighted by Crippen LogP contribution is -2.25. The number of carbonyl (C=O) groups excluding carboxylic acids is 1. The van der Waals surface area contributed by atoms with E-state index in [0.717, 1.165) is 22.2 Å². The standard InChI is InChI=1S/C22H19FN4O/c1-13-15(3)27(20-10-5-4-9-18(13)20)26-22(28)19-12-24-21(25-14(19)2)16-7-6-8-17(23)11-16/h4-12H,1-3H3,(H,26,28). The van der Waals surface area contributed by atoms with Gasteiger partial charge < -0.3 is 0 Å². The van der Waals surface area contributed by atoms with E-state index < -0.39 is 0 Å². The third-order valence-corrected chi connectivity index (χ3v) is 4.95. The van der Waals surface area contributed by atoms with E-state index in [2.05, 4.69) is 15.4 Å². The number of aromatic nitrogens is 3. The molecule has 0 spiro atoms. The van der Waals surface area contributed by atoms with Crippen LogP contribution in [0.4, 0.5) is 4.39 Å². The van der Waals surface area contributed by atoms with Gasteiger partial charge in [0.2, 0.25) is 0 Å². The number of rotatable bonds is 3. The molecule has 0 bridgehead atoms. The van der Waals surface area contributed by atoms with Crippen molar-refractivity contribution in [1.29, 1.82) is 0 Å². The van der Waals surface area contributed by atoms with Crippen molar-refractivity contribution in [3.05, 3.63) is 83.1 Å². The highest BCUT2D eigenvalue weighted by molar-refractivity contribution is 6.02. The smallest absolute Gasteiger partial charge is 0.267 e. The van der Waals surface area contributed by atoms with Crippen LogP contribution < -0.4 is 5.43 Å². The Kier molecular flexibility index (Phi) is 4.39. The molecule has 0 aliphatic rings. The SMILES string of the molecule is Cc1nc(-c2cccc(F)c2)ncc1C(=O)Nn1c(C)c(C)c2ccccc21. The van der Waals surface area contributed by atoms with E-state index in [-0.39, 0.29) is 11.7 Å². The number of fused-ring (bicyclic) bond motifs is 1. The first-order chi connectivity index (χ1) is 13.5. The first-order valence-corrected chi connectivity index (χ1v) is 8.93. The number of hydrogen-bond acceptors (Lipinski definition) is 3.